The molecule has 0 saturated heterocycles. The summed E-state index contributed by atoms with van der Waals surface area (Å²) >= 11 is 0. The second-order valence-electron chi connectivity index (χ2n) is 7.22. The van der Waals surface area contributed by atoms with E-state index in [0.29, 0.717) is 12.2 Å². The number of hydrogen-bond donors (Lipinski definition) is 1. The van der Waals surface area contributed by atoms with Crippen molar-refractivity contribution in [2.45, 2.75) is 26.7 Å². The van der Waals surface area contributed by atoms with Gasteiger partial charge in [-0.2, -0.15) is 0 Å². The lowest BCUT2D eigenvalue weighted by Crippen LogP contribution is -2.14. The van der Waals surface area contributed by atoms with Gasteiger partial charge in [0, 0.05) is 30.7 Å². The lowest BCUT2D eigenvalue weighted by Gasteiger charge is -2.13. The number of hydrogen-bond acceptors (Lipinski definition) is 3. The van der Waals surface area contributed by atoms with E-state index >= 15 is 0 Å². The van der Waals surface area contributed by atoms with Gasteiger partial charge in [-0.3, -0.25) is 4.79 Å². The summed E-state index contributed by atoms with van der Waals surface area (Å²) in [4.78, 5) is 18.0. The van der Waals surface area contributed by atoms with E-state index in [1.54, 1.807) is 6.21 Å². The molecular weight excluding hydrogens is 362 g/mol. The highest BCUT2D eigenvalue weighted by Crippen LogP contribution is 2.29. The van der Waals surface area contributed by atoms with Crippen LogP contribution in [0.5, 0.6) is 0 Å². The van der Waals surface area contributed by atoms with Crippen molar-refractivity contribution < 1.29 is 9.63 Å². The largest absolute Gasteiger partial charge is 0.396 e. The van der Waals surface area contributed by atoms with E-state index in [-0.39, 0.29) is 11.8 Å². The number of rotatable bonds is 7. The van der Waals surface area contributed by atoms with Gasteiger partial charge in [0.2, 0.25) is 0 Å². The van der Waals surface area contributed by atoms with Gasteiger partial charge in [0.05, 0.1) is 11.8 Å². The van der Waals surface area contributed by atoms with E-state index in [1.165, 1.54) is 0 Å². The van der Waals surface area contributed by atoms with Gasteiger partial charge in [0.1, 0.15) is 6.61 Å². The van der Waals surface area contributed by atoms with Crippen LogP contribution in [-0.2, 0) is 11.9 Å². The van der Waals surface area contributed by atoms with Gasteiger partial charge in [0.25, 0.3) is 5.91 Å². The number of carbonyl (C=O) groups is 1. The van der Waals surface area contributed by atoms with Crippen LogP contribution in [-0.4, -0.2) is 23.3 Å². The molecule has 2 aromatic carbocycles. The van der Waals surface area contributed by atoms with Gasteiger partial charge in [0.15, 0.2) is 0 Å². The first kappa shape index (κ1) is 20.4. The Hall–Kier alpha value is -3.34. The lowest BCUT2D eigenvalue weighted by molar-refractivity contribution is 0.102. The fraction of sp³-hybridized carbons (Fsp3) is 0.250. The number of carbonyl (C=O) groups excluding carboxylic acids is 1. The predicted octanol–water partition coefficient (Wildman–Crippen LogP) is 5.44. The third kappa shape index (κ3) is 4.93. The van der Waals surface area contributed by atoms with Crippen molar-refractivity contribution in [3.63, 3.8) is 0 Å². The molecule has 0 spiro atoms. The highest BCUT2D eigenvalue weighted by atomic mass is 16.6. The Kier molecular flexibility index (Phi) is 6.50. The number of aryl methyl sites for hydroxylation is 1. The Morgan fingerprint density at radius 1 is 1.14 bits per heavy atom. The summed E-state index contributed by atoms with van der Waals surface area (Å²) in [6, 6.07) is 15.8. The molecule has 0 saturated carbocycles. The molecule has 0 aliphatic rings. The molecule has 150 valence electrons. The maximum absolute atomic E-state index is 13.0. The van der Waals surface area contributed by atoms with E-state index in [0.717, 1.165) is 27.9 Å². The van der Waals surface area contributed by atoms with Crippen molar-refractivity contribution in [3.8, 4) is 11.1 Å². The van der Waals surface area contributed by atoms with Gasteiger partial charge in [-0.1, -0.05) is 61.5 Å². The van der Waals surface area contributed by atoms with Gasteiger partial charge in [-0.15, -0.1) is 0 Å². The number of nitrogens with zero attached hydrogens (tertiary/aromatic N) is 2. The lowest BCUT2D eigenvalue weighted by atomic mass is 10.0. The molecule has 1 amide bonds. The van der Waals surface area contributed by atoms with Crippen LogP contribution < -0.4 is 5.32 Å². The summed E-state index contributed by atoms with van der Waals surface area (Å²) in [5, 5.41) is 6.99. The topological polar surface area (TPSA) is 55.6 Å². The molecule has 0 radical (unpaired) electrons. The standard InChI is InChI=1S/C24H27N3O2/c1-5-29-25-14-18-10-12-19(13-11-18)20-8-6-7-9-23(20)26-24(28)22-16-27(4)15-21(22)17(2)3/h6-17H,5H2,1-4H3,(H,26,28)/b25-14+. The van der Waals surface area contributed by atoms with E-state index in [4.69, 9.17) is 4.84 Å². The Morgan fingerprint density at radius 3 is 2.55 bits per heavy atom. The summed E-state index contributed by atoms with van der Waals surface area (Å²) in [7, 11) is 1.94. The molecule has 0 aliphatic heterocycles. The van der Waals surface area contributed by atoms with E-state index < -0.39 is 0 Å². The zero-order valence-electron chi connectivity index (χ0n) is 17.3. The molecule has 1 heterocycles. The molecule has 3 aromatic rings. The van der Waals surface area contributed by atoms with Crippen molar-refractivity contribution in [1.29, 1.82) is 0 Å². The summed E-state index contributed by atoms with van der Waals surface area (Å²) in [6.07, 6.45) is 5.57. The first-order valence-electron chi connectivity index (χ1n) is 9.81. The molecule has 3 rings (SSSR count). The van der Waals surface area contributed by atoms with Crippen LogP contribution >= 0.6 is 0 Å². The normalized spacial score (nSPS) is 11.2. The quantitative estimate of drug-likeness (QED) is 0.432. The molecule has 1 aromatic heterocycles. The molecule has 0 fully saturated rings. The number of nitrogens with one attached hydrogen (secondary N) is 1. The van der Waals surface area contributed by atoms with Crippen LogP contribution in [0.3, 0.4) is 0 Å². The van der Waals surface area contributed by atoms with Crippen molar-refractivity contribution in [2.75, 3.05) is 11.9 Å². The number of oxime groups is 1. The van der Waals surface area contributed by atoms with Crippen molar-refractivity contribution in [2.24, 2.45) is 12.2 Å². The first-order chi connectivity index (χ1) is 14.0. The molecule has 5 nitrogen and oxygen atoms in total. The monoisotopic (exact) mass is 389 g/mol. The van der Waals surface area contributed by atoms with E-state index in [2.05, 4.69) is 24.3 Å². The molecule has 1 N–H and O–H groups in total. The number of anilines is 1. The van der Waals surface area contributed by atoms with Gasteiger partial charge in [-0.05, 0) is 35.6 Å². The Balaban J connectivity index is 1.85. The highest BCUT2D eigenvalue weighted by Gasteiger charge is 2.17. The maximum atomic E-state index is 13.0. The SMILES string of the molecule is CCO/N=C/c1ccc(-c2ccccc2NC(=O)c2cn(C)cc2C(C)C)cc1. The minimum absolute atomic E-state index is 0.0952. The Morgan fingerprint density at radius 2 is 1.86 bits per heavy atom. The molecule has 29 heavy (non-hydrogen) atoms. The second kappa shape index (κ2) is 9.24. The first-order valence-corrected chi connectivity index (χ1v) is 9.81. The number of para-hydroxylation sites is 1. The van der Waals surface area contributed by atoms with E-state index in [1.807, 2.05) is 79.5 Å². The zero-order chi connectivity index (χ0) is 20.8. The van der Waals surface area contributed by atoms with Gasteiger partial charge >= 0.3 is 0 Å². The second-order valence-corrected chi connectivity index (χ2v) is 7.22. The van der Waals surface area contributed by atoms with Crippen molar-refractivity contribution in [1.82, 2.24) is 4.57 Å². The third-order valence-electron chi connectivity index (χ3n) is 4.66. The van der Waals surface area contributed by atoms with Crippen molar-refractivity contribution in [3.05, 3.63) is 77.6 Å². The molecule has 0 unspecified atom stereocenters. The minimum atomic E-state index is -0.0952. The third-order valence-corrected chi connectivity index (χ3v) is 4.66. The minimum Gasteiger partial charge on any atom is -0.396 e. The average Bonchev–Trinajstić information content (AvgIpc) is 3.12. The summed E-state index contributed by atoms with van der Waals surface area (Å²) in [5.41, 5.74) is 5.48. The smallest absolute Gasteiger partial charge is 0.257 e. The number of aromatic nitrogens is 1. The van der Waals surface area contributed by atoms with Gasteiger partial charge in [-0.25, -0.2) is 0 Å². The maximum Gasteiger partial charge on any atom is 0.257 e. The fourth-order valence-electron chi connectivity index (χ4n) is 3.21. The fourth-order valence-corrected chi connectivity index (χ4v) is 3.21. The molecular formula is C24H27N3O2. The molecule has 5 heteroatoms. The molecule has 0 aliphatic carbocycles. The summed E-state index contributed by atoms with van der Waals surface area (Å²) < 4.78 is 1.93. The molecule has 0 bridgehead atoms. The average molecular weight is 389 g/mol. The van der Waals surface area contributed by atoms with E-state index in [9.17, 15) is 4.79 Å². The predicted molar refractivity (Wildman–Crippen MR) is 119 cm³/mol. The summed E-state index contributed by atoms with van der Waals surface area (Å²) in [6.45, 7) is 6.62. The van der Waals surface area contributed by atoms with Crippen LogP contribution in [0.25, 0.3) is 11.1 Å². The van der Waals surface area contributed by atoms with Crippen LogP contribution in [0.1, 0.15) is 48.2 Å². The molecule has 0 atom stereocenters. The van der Waals surface area contributed by atoms with Crippen LogP contribution in [0.2, 0.25) is 0 Å². The van der Waals surface area contributed by atoms with Crippen LogP contribution in [0.4, 0.5) is 5.69 Å². The Bertz CT molecular complexity index is 1000. The zero-order valence-corrected chi connectivity index (χ0v) is 17.3. The van der Waals surface area contributed by atoms with Crippen LogP contribution in [0.15, 0.2) is 66.1 Å². The highest BCUT2D eigenvalue weighted by molar-refractivity contribution is 6.07. The Labute approximate surface area is 172 Å². The number of benzene rings is 2. The summed E-state index contributed by atoms with van der Waals surface area (Å²) in [5.74, 6) is 0.181. The van der Waals surface area contributed by atoms with Crippen molar-refractivity contribution >= 4 is 17.8 Å². The van der Waals surface area contributed by atoms with Crippen LogP contribution in [0, 0.1) is 0 Å². The number of amides is 1. The van der Waals surface area contributed by atoms with Gasteiger partial charge < -0.3 is 14.7 Å².